The summed E-state index contributed by atoms with van der Waals surface area (Å²) in [6, 6.07) is 15.4. The molecule has 0 fully saturated rings. The molecule has 19 heavy (non-hydrogen) atoms. The Kier molecular flexibility index (Phi) is 4.98. The molecular formula is C18H25N. The Morgan fingerprint density at radius 2 is 1.74 bits per heavy atom. The first-order valence-electron chi connectivity index (χ1n) is 7.47. The summed E-state index contributed by atoms with van der Waals surface area (Å²) >= 11 is 0. The molecule has 0 heterocycles. The van der Waals surface area contributed by atoms with E-state index in [1.165, 1.54) is 35.6 Å². The van der Waals surface area contributed by atoms with Gasteiger partial charge in [0.1, 0.15) is 0 Å². The number of benzene rings is 2. The third kappa shape index (κ3) is 3.36. The molecule has 2 aromatic rings. The van der Waals surface area contributed by atoms with Gasteiger partial charge in [-0.1, -0.05) is 75.6 Å². The smallest absolute Gasteiger partial charge is 0.0105 e. The van der Waals surface area contributed by atoms with Gasteiger partial charge in [0.25, 0.3) is 0 Å². The van der Waals surface area contributed by atoms with Gasteiger partial charge in [0.2, 0.25) is 0 Å². The lowest BCUT2D eigenvalue weighted by Crippen LogP contribution is -2.26. The molecule has 0 spiro atoms. The van der Waals surface area contributed by atoms with E-state index in [0.717, 1.165) is 6.42 Å². The van der Waals surface area contributed by atoms with Crippen LogP contribution in [0.5, 0.6) is 0 Å². The zero-order chi connectivity index (χ0) is 13.7. The van der Waals surface area contributed by atoms with Crippen LogP contribution in [0, 0.1) is 0 Å². The minimum absolute atomic E-state index is 0.261. The van der Waals surface area contributed by atoms with Crippen molar-refractivity contribution < 1.29 is 0 Å². The van der Waals surface area contributed by atoms with Gasteiger partial charge in [0.15, 0.2) is 0 Å². The summed E-state index contributed by atoms with van der Waals surface area (Å²) in [5, 5.41) is 2.66. The number of unbranched alkanes of at least 4 members (excludes halogenated alkanes) is 2. The second-order valence-corrected chi connectivity index (χ2v) is 5.52. The highest BCUT2D eigenvalue weighted by Gasteiger charge is 2.16. The maximum atomic E-state index is 6.38. The number of hydrogen-bond acceptors (Lipinski definition) is 1. The average molecular weight is 255 g/mol. The van der Waals surface area contributed by atoms with E-state index < -0.39 is 0 Å². The Morgan fingerprint density at radius 1 is 1.00 bits per heavy atom. The van der Waals surface area contributed by atoms with Crippen LogP contribution in [-0.4, -0.2) is 6.04 Å². The lowest BCUT2D eigenvalue weighted by atomic mass is 9.87. The molecule has 1 heteroatoms. The largest absolute Gasteiger partial charge is 0.327 e. The van der Waals surface area contributed by atoms with Crippen molar-refractivity contribution in [1.29, 1.82) is 0 Å². The molecule has 2 atom stereocenters. The van der Waals surface area contributed by atoms with Gasteiger partial charge in [-0.3, -0.25) is 0 Å². The fraction of sp³-hybridized carbons (Fsp3) is 0.444. The highest BCUT2D eigenvalue weighted by atomic mass is 14.6. The zero-order valence-electron chi connectivity index (χ0n) is 12.1. The maximum absolute atomic E-state index is 6.38. The second-order valence-electron chi connectivity index (χ2n) is 5.52. The number of rotatable bonds is 6. The molecule has 0 aliphatic rings. The molecule has 0 bridgehead atoms. The molecule has 1 nitrogen and oxygen atoms in total. The van der Waals surface area contributed by atoms with Crippen molar-refractivity contribution >= 4 is 10.8 Å². The van der Waals surface area contributed by atoms with Gasteiger partial charge in [0.05, 0.1) is 0 Å². The van der Waals surface area contributed by atoms with Gasteiger partial charge in [-0.15, -0.1) is 0 Å². The van der Waals surface area contributed by atoms with E-state index in [1.54, 1.807) is 0 Å². The molecule has 0 aliphatic carbocycles. The van der Waals surface area contributed by atoms with Crippen LogP contribution in [0.2, 0.25) is 0 Å². The third-order valence-electron chi connectivity index (χ3n) is 4.10. The number of fused-ring (bicyclic) bond motifs is 1. The molecule has 2 N–H and O–H groups in total. The Bertz CT molecular complexity index is 513. The zero-order valence-corrected chi connectivity index (χ0v) is 12.1. The van der Waals surface area contributed by atoms with Crippen LogP contribution in [0.25, 0.3) is 10.8 Å². The molecule has 2 unspecified atom stereocenters. The maximum Gasteiger partial charge on any atom is 0.0105 e. The van der Waals surface area contributed by atoms with Crippen molar-refractivity contribution in [3.63, 3.8) is 0 Å². The van der Waals surface area contributed by atoms with E-state index in [2.05, 4.69) is 56.3 Å². The summed E-state index contributed by atoms with van der Waals surface area (Å²) in [4.78, 5) is 0. The van der Waals surface area contributed by atoms with E-state index in [9.17, 15) is 0 Å². The Hall–Kier alpha value is -1.34. The molecule has 2 rings (SSSR count). The van der Waals surface area contributed by atoms with Crippen molar-refractivity contribution in [2.75, 3.05) is 0 Å². The molecule has 0 radical (unpaired) electrons. The lowest BCUT2D eigenvalue weighted by molar-refractivity contribution is 0.500. The predicted molar refractivity (Wildman–Crippen MR) is 84.5 cm³/mol. The molecule has 102 valence electrons. The van der Waals surface area contributed by atoms with E-state index in [0.29, 0.717) is 5.92 Å². The number of nitrogens with two attached hydrogens (primary N) is 1. The highest BCUT2D eigenvalue weighted by molar-refractivity contribution is 5.86. The fourth-order valence-electron chi connectivity index (χ4n) is 2.76. The van der Waals surface area contributed by atoms with Gasteiger partial charge in [-0.2, -0.15) is 0 Å². The highest BCUT2D eigenvalue weighted by Crippen LogP contribution is 2.28. The van der Waals surface area contributed by atoms with E-state index >= 15 is 0 Å². The first kappa shape index (κ1) is 14.1. The van der Waals surface area contributed by atoms with Crippen LogP contribution in [-0.2, 0) is 0 Å². The van der Waals surface area contributed by atoms with Gasteiger partial charge >= 0.3 is 0 Å². The summed E-state index contributed by atoms with van der Waals surface area (Å²) in [6.07, 6.45) is 4.91. The van der Waals surface area contributed by atoms with E-state index in [1.807, 2.05) is 0 Å². The van der Waals surface area contributed by atoms with Crippen LogP contribution in [0.3, 0.4) is 0 Å². The van der Waals surface area contributed by atoms with Crippen LogP contribution >= 0.6 is 0 Å². The monoisotopic (exact) mass is 255 g/mol. The summed E-state index contributed by atoms with van der Waals surface area (Å²) in [5.41, 5.74) is 7.77. The quantitative estimate of drug-likeness (QED) is 0.734. The summed E-state index contributed by atoms with van der Waals surface area (Å²) in [5.74, 6) is 0.419. The van der Waals surface area contributed by atoms with Gasteiger partial charge in [-0.25, -0.2) is 0 Å². The number of hydrogen-bond donors (Lipinski definition) is 1. The van der Waals surface area contributed by atoms with Crippen molar-refractivity contribution in [3.05, 3.63) is 48.0 Å². The summed E-state index contributed by atoms with van der Waals surface area (Å²) in [6.45, 7) is 4.50. The van der Waals surface area contributed by atoms with Crippen molar-refractivity contribution in [3.8, 4) is 0 Å². The summed E-state index contributed by atoms with van der Waals surface area (Å²) < 4.78 is 0. The minimum atomic E-state index is 0.261. The third-order valence-corrected chi connectivity index (χ3v) is 4.10. The van der Waals surface area contributed by atoms with Crippen molar-refractivity contribution in [1.82, 2.24) is 0 Å². The van der Waals surface area contributed by atoms with Crippen molar-refractivity contribution in [2.24, 2.45) is 5.73 Å². The van der Waals surface area contributed by atoms with E-state index in [4.69, 9.17) is 5.73 Å². The van der Waals surface area contributed by atoms with Crippen LogP contribution in [0.15, 0.2) is 42.5 Å². The van der Waals surface area contributed by atoms with Gasteiger partial charge in [-0.05, 0) is 28.7 Å². The molecular weight excluding hydrogens is 230 g/mol. The Labute approximate surface area is 116 Å². The molecule has 0 aliphatic heterocycles. The van der Waals surface area contributed by atoms with Crippen LogP contribution < -0.4 is 5.73 Å². The Morgan fingerprint density at radius 3 is 2.53 bits per heavy atom. The van der Waals surface area contributed by atoms with E-state index in [-0.39, 0.29) is 6.04 Å². The predicted octanol–water partition coefficient (Wildman–Crippen LogP) is 4.85. The normalized spacial score (nSPS) is 14.5. The second kappa shape index (κ2) is 6.72. The SMILES string of the molecule is CCCCCC(N)C(C)c1cccc2ccccc12. The fourth-order valence-corrected chi connectivity index (χ4v) is 2.76. The minimum Gasteiger partial charge on any atom is -0.327 e. The van der Waals surface area contributed by atoms with Crippen molar-refractivity contribution in [2.45, 2.75) is 51.5 Å². The average Bonchev–Trinajstić information content (AvgIpc) is 2.46. The standard InChI is InChI=1S/C18H25N/c1-3-4-5-13-18(19)14(2)16-12-8-10-15-9-6-7-11-17(15)16/h6-12,14,18H,3-5,13,19H2,1-2H3. The first-order valence-corrected chi connectivity index (χ1v) is 7.47. The summed E-state index contributed by atoms with van der Waals surface area (Å²) in [7, 11) is 0. The van der Waals surface area contributed by atoms with Gasteiger partial charge in [0, 0.05) is 6.04 Å². The van der Waals surface area contributed by atoms with Crippen LogP contribution in [0.1, 0.15) is 51.0 Å². The lowest BCUT2D eigenvalue weighted by Gasteiger charge is -2.22. The van der Waals surface area contributed by atoms with Crippen LogP contribution in [0.4, 0.5) is 0 Å². The molecule has 2 aromatic carbocycles. The molecule has 0 saturated carbocycles. The molecule has 0 saturated heterocycles. The Balaban J connectivity index is 2.18. The first-order chi connectivity index (χ1) is 9.24. The molecule has 0 amide bonds. The van der Waals surface area contributed by atoms with Gasteiger partial charge < -0.3 is 5.73 Å². The molecule has 0 aromatic heterocycles. The topological polar surface area (TPSA) is 26.0 Å².